The molecule has 2 nitrogen and oxygen atoms in total. The molecule has 0 heterocycles. The lowest BCUT2D eigenvalue weighted by molar-refractivity contribution is -0.00616. The fourth-order valence-electron chi connectivity index (χ4n) is 6.41. The molecule has 6 rings (SSSR count). The highest BCUT2D eigenvalue weighted by molar-refractivity contribution is 5.86. The van der Waals surface area contributed by atoms with E-state index in [0.717, 1.165) is 29.0 Å². The van der Waals surface area contributed by atoms with Gasteiger partial charge in [-0.1, -0.05) is 24.3 Å². The number of phenolic OH excluding ortho intramolecular Hbond substituents is 1. The zero-order chi connectivity index (χ0) is 17.7. The Morgan fingerprint density at radius 3 is 2.19 bits per heavy atom. The van der Waals surface area contributed by atoms with E-state index in [4.69, 9.17) is 0 Å². The van der Waals surface area contributed by atoms with Gasteiger partial charge in [-0.2, -0.15) is 0 Å². The van der Waals surface area contributed by atoms with Crippen LogP contribution in [0, 0.1) is 24.7 Å². The summed E-state index contributed by atoms with van der Waals surface area (Å²) < 4.78 is 0. The van der Waals surface area contributed by atoms with E-state index in [9.17, 15) is 5.11 Å². The molecule has 4 aliphatic carbocycles. The van der Waals surface area contributed by atoms with Gasteiger partial charge in [-0.15, -0.1) is 0 Å². The summed E-state index contributed by atoms with van der Waals surface area (Å²) in [4.78, 5) is 4.58. The van der Waals surface area contributed by atoms with Gasteiger partial charge in [-0.05, 0) is 92.4 Å². The maximum Gasteiger partial charge on any atom is 0.128 e. The number of para-hydroxylation sites is 1. The van der Waals surface area contributed by atoms with Crippen LogP contribution in [-0.4, -0.2) is 11.3 Å². The summed E-state index contributed by atoms with van der Waals surface area (Å²) in [7, 11) is 0. The van der Waals surface area contributed by atoms with Gasteiger partial charge in [0.25, 0.3) is 0 Å². The first-order valence-corrected chi connectivity index (χ1v) is 10.0. The molecule has 2 aromatic rings. The molecule has 0 aliphatic heterocycles. The van der Waals surface area contributed by atoms with Gasteiger partial charge in [-0.3, -0.25) is 4.99 Å². The van der Waals surface area contributed by atoms with Crippen molar-refractivity contribution in [1.29, 1.82) is 0 Å². The summed E-state index contributed by atoms with van der Waals surface area (Å²) in [6, 6.07) is 14.3. The molecule has 1 N–H and O–H groups in total. The molecule has 134 valence electrons. The number of benzene rings is 2. The second kappa shape index (κ2) is 5.97. The standard InChI is InChI=1S/C24H27NO/c1-16-7-20(15-25-21-5-3-2-4-6-21)23(26)22(8-16)24-12-17-9-18(13-24)11-19(10-17)14-24/h2-8,15,17-19,26H,9-14H2,1H3. The average Bonchev–Trinajstić information content (AvgIpc) is 2.62. The zero-order valence-corrected chi connectivity index (χ0v) is 15.5. The van der Waals surface area contributed by atoms with Gasteiger partial charge in [-0.25, -0.2) is 0 Å². The Hall–Kier alpha value is -2.09. The van der Waals surface area contributed by atoms with Crippen molar-refractivity contribution in [2.24, 2.45) is 22.7 Å². The molecule has 4 bridgehead atoms. The minimum atomic E-state index is 0.209. The summed E-state index contributed by atoms with van der Waals surface area (Å²) in [5.74, 6) is 3.10. The topological polar surface area (TPSA) is 32.6 Å². The number of aromatic hydroxyl groups is 1. The largest absolute Gasteiger partial charge is 0.507 e. The van der Waals surface area contributed by atoms with Crippen LogP contribution in [0.1, 0.15) is 55.2 Å². The van der Waals surface area contributed by atoms with Gasteiger partial charge < -0.3 is 5.11 Å². The van der Waals surface area contributed by atoms with Gasteiger partial charge in [0.15, 0.2) is 0 Å². The third kappa shape index (κ3) is 2.67. The van der Waals surface area contributed by atoms with E-state index < -0.39 is 0 Å². The predicted octanol–water partition coefficient (Wildman–Crippen LogP) is 5.92. The number of aryl methyl sites for hydroxylation is 1. The molecule has 2 heteroatoms. The molecule has 26 heavy (non-hydrogen) atoms. The lowest BCUT2D eigenvalue weighted by atomic mass is 9.48. The molecule has 0 saturated heterocycles. The quantitative estimate of drug-likeness (QED) is 0.688. The van der Waals surface area contributed by atoms with E-state index in [1.165, 1.54) is 49.7 Å². The van der Waals surface area contributed by atoms with Crippen molar-refractivity contribution in [3.05, 3.63) is 59.2 Å². The van der Waals surface area contributed by atoms with Crippen LogP contribution in [0.15, 0.2) is 47.5 Å². The average molecular weight is 345 g/mol. The Labute approximate surface area is 156 Å². The second-order valence-corrected chi connectivity index (χ2v) is 9.04. The van der Waals surface area contributed by atoms with Gasteiger partial charge in [0, 0.05) is 17.3 Å². The minimum absolute atomic E-state index is 0.209. The van der Waals surface area contributed by atoms with Crippen molar-refractivity contribution in [2.75, 3.05) is 0 Å². The van der Waals surface area contributed by atoms with E-state index in [2.05, 4.69) is 24.0 Å². The number of hydrogen-bond donors (Lipinski definition) is 1. The van der Waals surface area contributed by atoms with Gasteiger partial charge in [0.1, 0.15) is 5.75 Å². The third-order valence-electron chi connectivity index (χ3n) is 7.00. The lowest BCUT2D eigenvalue weighted by Gasteiger charge is -2.57. The normalized spacial score (nSPS) is 32.4. The SMILES string of the molecule is Cc1cc(C=Nc2ccccc2)c(O)c(C23CC4CC(CC(C4)C2)C3)c1. The highest BCUT2D eigenvalue weighted by Crippen LogP contribution is 2.62. The summed E-state index contributed by atoms with van der Waals surface area (Å²) >= 11 is 0. The summed E-state index contributed by atoms with van der Waals surface area (Å²) in [6.07, 6.45) is 9.92. The number of aliphatic imine (C=N–C) groups is 1. The summed E-state index contributed by atoms with van der Waals surface area (Å²) in [6.45, 7) is 2.14. The maximum absolute atomic E-state index is 11.2. The zero-order valence-electron chi connectivity index (χ0n) is 15.5. The molecule has 0 atom stereocenters. The maximum atomic E-state index is 11.2. The van der Waals surface area contributed by atoms with E-state index in [1.54, 1.807) is 0 Å². The van der Waals surface area contributed by atoms with Crippen LogP contribution in [0.4, 0.5) is 5.69 Å². The van der Waals surface area contributed by atoms with Crippen molar-refractivity contribution in [2.45, 2.75) is 50.9 Å². The molecule has 0 amide bonds. The Kier molecular flexibility index (Phi) is 3.70. The Morgan fingerprint density at radius 2 is 1.58 bits per heavy atom. The highest BCUT2D eigenvalue weighted by Gasteiger charge is 2.52. The Balaban J connectivity index is 1.54. The monoisotopic (exact) mass is 345 g/mol. The highest BCUT2D eigenvalue weighted by atomic mass is 16.3. The fourth-order valence-corrected chi connectivity index (χ4v) is 6.41. The van der Waals surface area contributed by atoms with E-state index in [-0.39, 0.29) is 5.41 Å². The Morgan fingerprint density at radius 1 is 0.962 bits per heavy atom. The van der Waals surface area contributed by atoms with Crippen LogP contribution in [-0.2, 0) is 5.41 Å². The molecule has 0 aromatic heterocycles. The third-order valence-corrected chi connectivity index (χ3v) is 7.00. The number of nitrogens with zero attached hydrogens (tertiary/aromatic N) is 1. The second-order valence-electron chi connectivity index (χ2n) is 9.04. The van der Waals surface area contributed by atoms with E-state index in [0.29, 0.717) is 5.75 Å². The van der Waals surface area contributed by atoms with Crippen LogP contribution in [0.5, 0.6) is 5.75 Å². The fraction of sp³-hybridized carbons (Fsp3) is 0.458. The molecule has 0 spiro atoms. The van der Waals surface area contributed by atoms with E-state index in [1.807, 2.05) is 36.5 Å². The molecule has 4 aliphatic rings. The molecule has 4 fully saturated rings. The number of rotatable bonds is 3. The van der Waals surface area contributed by atoms with Gasteiger partial charge in [0.05, 0.1) is 5.69 Å². The molecule has 0 radical (unpaired) electrons. The number of hydrogen-bond acceptors (Lipinski definition) is 2. The van der Waals surface area contributed by atoms with E-state index >= 15 is 0 Å². The molecule has 4 saturated carbocycles. The summed E-state index contributed by atoms with van der Waals surface area (Å²) in [5, 5.41) is 11.2. The van der Waals surface area contributed by atoms with Crippen LogP contribution in [0.3, 0.4) is 0 Å². The first-order chi connectivity index (χ1) is 12.6. The Bertz CT molecular complexity index is 817. The predicted molar refractivity (Wildman–Crippen MR) is 106 cm³/mol. The molecule has 0 unspecified atom stereocenters. The van der Waals surface area contributed by atoms with Crippen molar-refractivity contribution >= 4 is 11.9 Å². The molecular formula is C24H27NO. The minimum Gasteiger partial charge on any atom is -0.507 e. The van der Waals surface area contributed by atoms with Crippen molar-refractivity contribution in [3.8, 4) is 5.75 Å². The van der Waals surface area contributed by atoms with Crippen LogP contribution in [0.25, 0.3) is 0 Å². The van der Waals surface area contributed by atoms with Gasteiger partial charge >= 0.3 is 0 Å². The first-order valence-electron chi connectivity index (χ1n) is 10.0. The first kappa shape index (κ1) is 16.1. The van der Waals surface area contributed by atoms with Gasteiger partial charge in [0.2, 0.25) is 0 Å². The van der Waals surface area contributed by atoms with Crippen molar-refractivity contribution < 1.29 is 5.11 Å². The van der Waals surface area contributed by atoms with Crippen LogP contribution in [0.2, 0.25) is 0 Å². The lowest BCUT2D eigenvalue weighted by Crippen LogP contribution is -2.48. The molecular weight excluding hydrogens is 318 g/mol. The smallest absolute Gasteiger partial charge is 0.128 e. The summed E-state index contributed by atoms with van der Waals surface area (Å²) in [5.41, 5.74) is 4.42. The van der Waals surface area contributed by atoms with Crippen molar-refractivity contribution in [1.82, 2.24) is 0 Å². The van der Waals surface area contributed by atoms with Crippen LogP contribution >= 0.6 is 0 Å². The molecule has 2 aromatic carbocycles. The number of phenols is 1. The van der Waals surface area contributed by atoms with Crippen LogP contribution < -0.4 is 0 Å². The van der Waals surface area contributed by atoms with Crippen molar-refractivity contribution in [3.63, 3.8) is 0 Å².